The SMILES string of the molecule is [CH2]n1nnnc1SC. The zero-order valence-corrected chi connectivity index (χ0v) is 5.22. The lowest BCUT2D eigenvalue weighted by Gasteiger charge is -1.86. The normalized spacial score (nSPS) is 9.75. The highest BCUT2D eigenvalue weighted by Crippen LogP contribution is 2.05. The molecule has 0 amide bonds. The van der Waals surface area contributed by atoms with Gasteiger partial charge in [-0.3, -0.25) is 0 Å². The van der Waals surface area contributed by atoms with Gasteiger partial charge >= 0.3 is 0 Å². The first-order valence-electron chi connectivity index (χ1n) is 1.98. The van der Waals surface area contributed by atoms with Gasteiger partial charge < -0.3 is 0 Å². The predicted molar refractivity (Wildman–Crippen MR) is 30.4 cm³/mol. The van der Waals surface area contributed by atoms with E-state index in [-0.39, 0.29) is 0 Å². The number of aromatic nitrogens is 4. The first-order chi connectivity index (χ1) is 3.84. The zero-order valence-electron chi connectivity index (χ0n) is 4.40. The van der Waals surface area contributed by atoms with Gasteiger partial charge in [0, 0.05) is 0 Å². The van der Waals surface area contributed by atoms with Crippen LogP contribution in [0, 0.1) is 7.05 Å². The third-order valence-electron chi connectivity index (χ3n) is 0.682. The summed E-state index contributed by atoms with van der Waals surface area (Å²) >= 11 is 1.47. The van der Waals surface area contributed by atoms with Gasteiger partial charge in [0.15, 0.2) is 0 Å². The van der Waals surface area contributed by atoms with E-state index in [9.17, 15) is 0 Å². The fraction of sp³-hybridized carbons (Fsp3) is 0.333. The van der Waals surface area contributed by atoms with Crippen molar-refractivity contribution in [3.05, 3.63) is 7.05 Å². The van der Waals surface area contributed by atoms with Gasteiger partial charge in [-0.05, 0) is 16.7 Å². The van der Waals surface area contributed by atoms with E-state index >= 15 is 0 Å². The molecule has 4 nitrogen and oxygen atoms in total. The number of rotatable bonds is 1. The molecule has 0 aromatic carbocycles. The summed E-state index contributed by atoms with van der Waals surface area (Å²) < 4.78 is 1.38. The highest BCUT2D eigenvalue weighted by molar-refractivity contribution is 7.98. The number of tetrazole rings is 1. The lowest BCUT2D eigenvalue weighted by Crippen LogP contribution is -1.88. The van der Waals surface area contributed by atoms with Gasteiger partial charge in [-0.25, -0.2) is 4.68 Å². The minimum absolute atomic E-state index is 0.727. The quantitative estimate of drug-likeness (QED) is 0.502. The molecule has 0 atom stereocenters. The monoisotopic (exact) mass is 129 g/mol. The topological polar surface area (TPSA) is 43.6 Å². The van der Waals surface area contributed by atoms with Gasteiger partial charge in [0.1, 0.15) is 0 Å². The summed E-state index contributed by atoms with van der Waals surface area (Å²) in [5, 5.41) is 11.2. The number of hydrogen-bond donors (Lipinski definition) is 0. The molecule has 1 aromatic heterocycles. The molecule has 0 aliphatic carbocycles. The molecule has 1 rings (SSSR count). The van der Waals surface area contributed by atoms with Gasteiger partial charge in [0.05, 0.1) is 7.05 Å². The van der Waals surface area contributed by atoms with E-state index < -0.39 is 0 Å². The Morgan fingerprint density at radius 1 is 1.75 bits per heavy atom. The largest absolute Gasteiger partial charge is 0.219 e. The summed E-state index contributed by atoms with van der Waals surface area (Å²) in [5.41, 5.74) is 0. The van der Waals surface area contributed by atoms with Crippen LogP contribution in [0.3, 0.4) is 0 Å². The first-order valence-corrected chi connectivity index (χ1v) is 3.20. The summed E-state index contributed by atoms with van der Waals surface area (Å²) in [7, 11) is 3.51. The van der Waals surface area contributed by atoms with E-state index in [1.807, 2.05) is 6.26 Å². The van der Waals surface area contributed by atoms with Crippen molar-refractivity contribution in [3.8, 4) is 0 Å². The molecule has 1 aromatic rings. The number of thioether (sulfide) groups is 1. The molecular formula is C3H5N4S. The Bertz CT molecular complexity index is 172. The maximum absolute atomic E-state index is 3.64. The molecule has 0 saturated heterocycles. The van der Waals surface area contributed by atoms with Crippen LogP contribution >= 0.6 is 11.8 Å². The maximum atomic E-state index is 3.64. The second-order valence-corrected chi connectivity index (χ2v) is 1.94. The van der Waals surface area contributed by atoms with Crippen molar-refractivity contribution in [2.75, 3.05) is 6.26 Å². The third-order valence-corrected chi connectivity index (χ3v) is 1.34. The Balaban J connectivity index is 2.92. The summed E-state index contributed by atoms with van der Waals surface area (Å²) in [5.74, 6) is 0. The van der Waals surface area contributed by atoms with Gasteiger partial charge in [-0.2, -0.15) is 0 Å². The summed E-state index contributed by atoms with van der Waals surface area (Å²) in [6.07, 6.45) is 1.90. The van der Waals surface area contributed by atoms with E-state index in [0.717, 1.165) is 5.16 Å². The Morgan fingerprint density at radius 3 is 2.75 bits per heavy atom. The van der Waals surface area contributed by atoms with Gasteiger partial charge in [0.25, 0.3) is 0 Å². The molecule has 1 heterocycles. The molecule has 0 unspecified atom stereocenters. The van der Waals surface area contributed by atoms with Crippen LogP contribution < -0.4 is 0 Å². The van der Waals surface area contributed by atoms with Gasteiger partial charge in [0.2, 0.25) is 5.16 Å². The summed E-state index contributed by atoms with van der Waals surface area (Å²) in [6.45, 7) is 0. The molecule has 1 radical (unpaired) electrons. The predicted octanol–water partition coefficient (Wildman–Crippen LogP) is 0.0347. The lowest BCUT2D eigenvalue weighted by atomic mass is 11.2. The second kappa shape index (κ2) is 2.13. The molecule has 0 saturated carbocycles. The van der Waals surface area contributed by atoms with Crippen molar-refractivity contribution in [2.45, 2.75) is 5.16 Å². The second-order valence-electron chi connectivity index (χ2n) is 1.17. The smallest absolute Gasteiger partial charge is 0.209 e. The Labute approximate surface area is 51.3 Å². The van der Waals surface area contributed by atoms with Crippen LogP contribution in [0.1, 0.15) is 0 Å². The van der Waals surface area contributed by atoms with E-state index in [2.05, 4.69) is 22.6 Å². The fourth-order valence-electron chi connectivity index (χ4n) is 0.343. The molecule has 8 heavy (non-hydrogen) atoms. The zero-order chi connectivity index (χ0) is 5.98. The maximum Gasteiger partial charge on any atom is 0.209 e. The van der Waals surface area contributed by atoms with Crippen molar-refractivity contribution in [1.82, 2.24) is 20.2 Å². The van der Waals surface area contributed by atoms with Crippen molar-refractivity contribution >= 4 is 11.8 Å². The summed E-state index contributed by atoms with van der Waals surface area (Å²) in [4.78, 5) is 0. The molecule has 0 spiro atoms. The van der Waals surface area contributed by atoms with Crippen LogP contribution in [0.2, 0.25) is 0 Å². The summed E-state index contributed by atoms with van der Waals surface area (Å²) in [6, 6.07) is 0. The molecule has 0 aliphatic rings. The first kappa shape index (κ1) is 5.55. The average Bonchev–Trinajstić information content (AvgIpc) is 2.14. The van der Waals surface area contributed by atoms with E-state index in [0.29, 0.717) is 0 Å². The van der Waals surface area contributed by atoms with Crippen LogP contribution in [0.15, 0.2) is 5.16 Å². The van der Waals surface area contributed by atoms with Crippen LogP contribution in [0.5, 0.6) is 0 Å². The Hall–Kier alpha value is -0.580. The molecule has 0 aliphatic heterocycles. The minimum atomic E-state index is 0.727. The highest BCUT2D eigenvalue weighted by Gasteiger charge is 1.95. The van der Waals surface area contributed by atoms with E-state index in [4.69, 9.17) is 0 Å². The fourth-order valence-corrected chi connectivity index (χ4v) is 0.708. The Kier molecular flexibility index (Phi) is 1.48. The highest BCUT2D eigenvalue weighted by atomic mass is 32.2. The van der Waals surface area contributed by atoms with E-state index in [1.165, 1.54) is 16.4 Å². The van der Waals surface area contributed by atoms with Crippen LogP contribution in [-0.4, -0.2) is 26.5 Å². The minimum Gasteiger partial charge on any atom is -0.219 e. The lowest BCUT2D eigenvalue weighted by molar-refractivity contribution is 0.752. The van der Waals surface area contributed by atoms with Crippen molar-refractivity contribution in [3.63, 3.8) is 0 Å². The third kappa shape index (κ3) is 0.812. The van der Waals surface area contributed by atoms with Crippen molar-refractivity contribution < 1.29 is 0 Å². The van der Waals surface area contributed by atoms with Crippen molar-refractivity contribution in [2.24, 2.45) is 0 Å². The molecule has 0 bridgehead atoms. The van der Waals surface area contributed by atoms with E-state index in [1.54, 1.807) is 0 Å². The average molecular weight is 129 g/mol. The molecule has 43 valence electrons. The van der Waals surface area contributed by atoms with Crippen molar-refractivity contribution in [1.29, 1.82) is 0 Å². The standard InChI is InChI=1S/C3H5N4S/c1-7-3(8-2)4-5-6-7/h1H2,2H3. The Morgan fingerprint density at radius 2 is 2.50 bits per heavy atom. The molecule has 0 fully saturated rings. The molecular weight excluding hydrogens is 124 g/mol. The molecule has 0 N–H and O–H groups in total. The van der Waals surface area contributed by atoms with Gasteiger partial charge in [-0.1, -0.05) is 11.8 Å². The van der Waals surface area contributed by atoms with Crippen LogP contribution in [0.4, 0.5) is 0 Å². The van der Waals surface area contributed by atoms with Crippen LogP contribution in [0.25, 0.3) is 0 Å². The number of nitrogens with zero attached hydrogens (tertiary/aromatic N) is 4. The number of hydrogen-bond acceptors (Lipinski definition) is 4. The molecule has 5 heteroatoms. The van der Waals surface area contributed by atoms with Gasteiger partial charge in [-0.15, -0.1) is 5.10 Å². The van der Waals surface area contributed by atoms with Crippen LogP contribution in [-0.2, 0) is 0 Å².